The van der Waals surface area contributed by atoms with Crippen LogP contribution in [0.1, 0.15) is 290 Å². The van der Waals surface area contributed by atoms with Crippen LogP contribution in [-0.2, 0) is 18.4 Å². The number of amides is 1. The van der Waals surface area contributed by atoms with Crippen LogP contribution in [-0.4, -0.2) is 68.5 Å². The molecule has 0 aliphatic rings. The maximum absolute atomic E-state index is 13.0. The van der Waals surface area contributed by atoms with Crippen molar-refractivity contribution in [3.63, 3.8) is 0 Å². The van der Waals surface area contributed by atoms with E-state index in [1.807, 2.05) is 21.1 Å². The molecule has 0 aromatic carbocycles. The zero-order valence-corrected chi connectivity index (χ0v) is 45.1. The van der Waals surface area contributed by atoms with E-state index in [-0.39, 0.29) is 19.1 Å². The van der Waals surface area contributed by atoms with E-state index in [4.69, 9.17) is 9.05 Å². The number of phosphoric ester groups is 1. The molecule has 0 saturated carbocycles. The molecule has 0 aromatic heterocycles. The van der Waals surface area contributed by atoms with Gasteiger partial charge in [0.15, 0.2) is 0 Å². The lowest BCUT2D eigenvalue weighted by Gasteiger charge is -2.30. The topological polar surface area (TPSA) is 108 Å². The third-order valence-electron chi connectivity index (χ3n) is 13.3. The molecular formula is C56H113N2O6P. The second-order valence-corrected chi connectivity index (χ2v) is 22.4. The first-order valence-electron chi connectivity index (χ1n) is 28.5. The Labute approximate surface area is 405 Å². The molecule has 3 atom stereocenters. The number of carbonyl (C=O) groups excluding carboxylic acids is 1. The Morgan fingerprint density at radius 3 is 1.20 bits per heavy atom. The molecule has 1 amide bonds. The number of aliphatic hydroxyl groups is 1. The van der Waals surface area contributed by atoms with Crippen molar-refractivity contribution in [2.24, 2.45) is 0 Å². The van der Waals surface area contributed by atoms with Gasteiger partial charge >= 0.3 is 0 Å². The standard InChI is InChI=1S/C56H113N2O6P/c1-6-8-10-12-14-16-18-20-22-24-25-26-27-28-29-30-31-32-34-35-37-39-41-43-45-47-49-55(59)54(53-64-65(61,62)63-52-51-58(3,4)5)57-56(60)50-48-46-44-42-40-38-36-33-23-21-19-17-15-13-11-9-7-2/h21,23,54-55,59H,6-20,22,24-53H2,1-5H3,(H-,57,60,61,62)/b23-21-. The van der Waals surface area contributed by atoms with Crippen LogP contribution in [0.2, 0.25) is 0 Å². The number of quaternary nitrogens is 1. The number of rotatable bonds is 53. The lowest BCUT2D eigenvalue weighted by atomic mass is 10.0. The van der Waals surface area contributed by atoms with Gasteiger partial charge in [-0.1, -0.05) is 257 Å². The highest BCUT2D eigenvalue weighted by Crippen LogP contribution is 2.38. The Balaban J connectivity index is 4.12. The molecule has 2 N–H and O–H groups in total. The first kappa shape index (κ1) is 64.2. The molecule has 9 heteroatoms. The first-order valence-corrected chi connectivity index (χ1v) is 30.0. The molecule has 0 fully saturated rings. The van der Waals surface area contributed by atoms with E-state index in [1.165, 1.54) is 225 Å². The van der Waals surface area contributed by atoms with Gasteiger partial charge in [0.25, 0.3) is 7.82 Å². The predicted octanol–water partition coefficient (Wildman–Crippen LogP) is 16.4. The lowest BCUT2D eigenvalue weighted by Crippen LogP contribution is -2.46. The smallest absolute Gasteiger partial charge is 0.268 e. The summed E-state index contributed by atoms with van der Waals surface area (Å²) in [6.45, 7) is 4.75. The molecule has 8 nitrogen and oxygen atoms in total. The van der Waals surface area contributed by atoms with E-state index >= 15 is 0 Å². The summed E-state index contributed by atoms with van der Waals surface area (Å²) in [4.78, 5) is 25.5. The van der Waals surface area contributed by atoms with Gasteiger partial charge in [0.05, 0.1) is 39.9 Å². The predicted molar refractivity (Wildman–Crippen MR) is 279 cm³/mol. The lowest BCUT2D eigenvalue weighted by molar-refractivity contribution is -0.870. The Kier molecular flexibility index (Phi) is 47.7. The average molecular weight is 942 g/mol. The molecule has 0 saturated heterocycles. The summed E-state index contributed by atoms with van der Waals surface area (Å²) in [5.74, 6) is -0.165. The van der Waals surface area contributed by atoms with Crippen molar-refractivity contribution in [2.45, 2.75) is 302 Å². The highest BCUT2D eigenvalue weighted by molar-refractivity contribution is 7.45. The Hall–Kier alpha value is -0.760. The molecule has 0 aromatic rings. The summed E-state index contributed by atoms with van der Waals surface area (Å²) in [7, 11) is 1.31. The van der Waals surface area contributed by atoms with Crippen molar-refractivity contribution >= 4 is 13.7 Å². The number of hydrogen-bond acceptors (Lipinski definition) is 6. The van der Waals surface area contributed by atoms with Crippen LogP contribution >= 0.6 is 7.82 Å². The minimum Gasteiger partial charge on any atom is -0.756 e. The number of carbonyl (C=O) groups is 1. The molecular weight excluding hydrogens is 828 g/mol. The summed E-state index contributed by atoms with van der Waals surface area (Å²) in [5, 5.41) is 14.0. The molecule has 0 radical (unpaired) electrons. The van der Waals surface area contributed by atoms with Crippen LogP contribution in [0.3, 0.4) is 0 Å². The van der Waals surface area contributed by atoms with Gasteiger partial charge in [-0.05, 0) is 38.5 Å². The van der Waals surface area contributed by atoms with E-state index < -0.39 is 20.0 Å². The number of allylic oxidation sites excluding steroid dienone is 2. The molecule has 0 spiro atoms. The summed E-state index contributed by atoms with van der Waals surface area (Å²) in [5.41, 5.74) is 0. The first-order chi connectivity index (χ1) is 31.5. The summed E-state index contributed by atoms with van der Waals surface area (Å²) >= 11 is 0. The fourth-order valence-electron chi connectivity index (χ4n) is 8.74. The van der Waals surface area contributed by atoms with Crippen LogP contribution in [0.5, 0.6) is 0 Å². The average Bonchev–Trinajstić information content (AvgIpc) is 3.26. The molecule has 0 rings (SSSR count). The molecule has 0 aliphatic heterocycles. The van der Waals surface area contributed by atoms with Crippen molar-refractivity contribution in [3.8, 4) is 0 Å². The monoisotopic (exact) mass is 941 g/mol. The minimum atomic E-state index is -4.57. The van der Waals surface area contributed by atoms with E-state index in [9.17, 15) is 19.4 Å². The van der Waals surface area contributed by atoms with Gasteiger partial charge in [-0.25, -0.2) is 0 Å². The number of hydrogen-bond donors (Lipinski definition) is 2. The van der Waals surface area contributed by atoms with E-state index in [2.05, 4.69) is 31.3 Å². The molecule has 0 aliphatic carbocycles. The Bertz CT molecular complexity index is 1070. The number of nitrogens with zero attached hydrogens (tertiary/aromatic N) is 1. The van der Waals surface area contributed by atoms with Crippen molar-refractivity contribution in [1.29, 1.82) is 0 Å². The summed E-state index contributed by atoms with van der Waals surface area (Å²) in [6, 6.07) is -0.800. The second-order valence-electron chi connectivity index (χ2n) is 21.0. The number of aliphatic hydroxyl groups excluding tert-OH is 1. The maximum atomic E-state index is 13.0. The molecule has 0 bridgehead atoms. The molecule has 0 heterocycles. The quantitative estimate of drug-likeness (QED) is 0.0272. The van der Waals surface area contributed by atoms with Crippen LogP contribution in [0.4, 0.5) is 0 Å². The Morgan fingerprint density at radius 2 is 0.846 bits per heavy atom. The highest BCUT2D eigenvalue weighted by Gasteiger charge is 2.24. The third-order valence-corrected chi connectivity index (χ3v) is 14.2. The van der Waals surface area contributed by atoms with Gasteiger partial charge in [0.2, 0.25) is 5.91 Å². The second kappa shape index (κ2) is 48.3. The van der Waals surface area contributed by atoms with Crippen molar-refractivity contribution in [1.82, 2.24) is 5.32 Å². The van der Waals surface area contributed by atoms with Gasteiger partial charge in [-0.3, -0.25) is 9.36 Å². The van der Waals surface area contributed by atoms with Gasteiger partial charge in [-0.15, -0.1) is 0 Å². The van der Waals surface area contributed by atoms with Crippen molar-refractivity contribution in [3.05, 3.63) is 12.2 Å². The largest absolute Gasteiger partial charge is 0.756 e. The third kappa shape index (κ3) is 50.9. The van der Waals surface area contributed by atoms with Crippen LogP contribution in [0, 0.1) is 0 Å². The van der Waals surface area contributed by atoms with Crippen LogP contribution in [0.15, 0.2) is 12.2 Å². The van der Waals surface area contributed by atoms with Crippen molar-refractivity contribution < 1.29 is 32.9 Å². The number of phosphoric acid groups is 1. The molecule has 388 valence electrons. The van der Waals surface area contributed by atoms with Crippen LogP contribution in [0.25, 0.3) is 0 Å². The minimum absolute atomic E-state index is 0.0137. The number of likely N-dealkylation sites (N-methyl/N-ethyl adjacent to an activating group) is 1. The number of nitrogens with one attached hydrogen (secondary N) is 1. The van der Waals surface area contributed by atoms with E-state index in [0.29, 0.717) is 23.9 Å². The van der Waals surface area contributed by atoms with E-state index in [0.717, 1.165) is 38.5 Å². The Morgan fingerprint density at radius 1 is 0.523 bits per heavy atom. The number of unbranched alkanes of at least 4 members (excludes halogenated alkanes) is 38. The normalized spacial score (nSPS) is 14.0. The maximum Gasteiger partial charge on any atom is 0.268 e. The van der Waals surface area contributed by atoms with Crippen LogP contribution < -0.4 is 10.2 Å². The van der Waals surface area contributed by atoms with Gasteiger partial charge in [-0.2, -0.15) is 0 Å². The molecule has 3 unspecified atom stereocenters. The van der Waals surface area contributed by atoms with Gasteiger partial charge in [0.1, 0.15) is 13.2 Å². The zero-order chi connectivity index (χ0) is 47.8. The SMILES string of the molecule is CCCCCCCC/C=C\CCCCCCCCCC(=O)NC(COP(=O)([O-])OCC[N+](C)(C)C)C(O)CCCCCCCCCCCCCCCCCCCCCCCCCCCC. The fraction of sp³-hybridized carbons (Fsp3) is 0.946. The fourth-order valence-corrected chi connectivity index (χ4v) is 9.47. The zero-order valence-electron chi connectivity index (χ0n) is 44.2. The summed E-state index contributed by atoms with van der Waals surface area (Å²) in [6.07, 6.45) is 58.1. The summed E-state index contributed by atoms with van der Waals surface area (Å²) < 4.78 is 23.4. The van der Waals surface area contributed by atoms with Crippen molar-refractivity contribution in [2.75, 3.05) is 40.9 Å². The molecule has 65 heavy (non-hydrogen) atoms. The van der Waals surface area contributed by atoms with E-state index in [1.54, 1.807) is 0 Å². The van der Waals surface area contributed by atoms with Gasteiger partial charge in [0, 0.05) is 6.42 Å². The highest BCUT2D eigenvalue weighted by atomic mass is 31.2. The van der Waals surface area contributed by atoms with Gasteiger partial charge < -0.3 is 28.8 Å².